The summed E-state index contributed by atoms with van der Waals surface area (Å²) >= 11 is 0. The van der Waals surface area contributed by atoms with Gasteiger partial charge in [-0.15, -0.1) is 0 Å². The van der Waals surface area contributed by atoms with Gasteiger partial charge in [0.15, 0.2) is 21.4 Å². The smallest absolute Gasteiger partial charge is 0.311 e. The Morgan fingerprint density at radius 3 is 2.27 bits per heavy atom. The summed E-state index contributed by atoms with van der Waals surface area (Å²) in [5.41, 5.74) is 0.122. The number of sulfone groups is 1. The SMILES string of the molecule is COc1ccc(C(=O)CS(=O)(=O)Cc2ccc(OC)c([N+](=O)[O-])c2)cc1. The van der Waals surface area contributed by atoms with Crippen molar-refractivity contribution in [3.63, 3.8) is 0 Å². The van der Waals surface area contributed by atoms with Crippen molar-refractivity contribution in [3.8, 4) is 11.5 Å². The van der Waals surface area contributed by atoms with E-state index in [-0.39, 0.29) is 22.6 Å². The number of ketones is 1. The van der Waals surface area contributed by atoms with Gasteiger partial charge in [0, 0.05) is 11.6 Å². The molecule has 0 N–H and O–H groups in total. The molecule has 2 rings (SSSR count). The van der Waals surface area contributed by atoms with E-state index in [9.17, 15) is 23.3 Å². The normalized spacial score (nSPS) is 11.0. The quantitative estimate of drug-likeness (QED) is 0.393. The molecule has 26 heavy (non-hydrogen) atoms. The van der Waals surface area contributed by atoms with Crippen molar-refractivity contribution in [2.75, 3.05) is 20.0 Å². The molecule has 0 fully saturated rings. The highest BCUT2D eigenvalue weighted by atomic mass is 32.2. The fraction of sp³-hybridized carbons (Fsp3) is 0.235. The summed E-state index contributed by atoms with van der Waals surface area (Å²) in [5.74, 6) is -1.16. The van der Waals surface area contributed by atoms with Crippen LogP contribution in [-0.2, 0) is 15.6 Å². The van der Waals surface area contributed by atoms with Crippen LogP contribution in [0, 0.1) is 10.1 Å². The first kappa shape index (κ1) is 19.4. The Bertz CT molecular complexity index is 921. The highest BCUT2D eigenvalue weighted by Gasteiger charge is 2.22. The highest BCUT2D eigenvalue weighted by Crippen LogP contribution is 2.28. The van der Waals surface area contributed by atoms with E-state index >= 15 is 0 Å². The lowest BCUT2D eigenvalue weighted by molar-refractivity contribution is -0.385. The van der Waals surface area contributed by atoms with Gasteiger partial charge >= 0.3 is 5.69 Å². The maximum absolute atomic E-state index is 12.3. The summed E-state index contributed by atoms with van der Waals surface area (Å²) in [6, 6.07) is 9.97. The summed E-state index contributed by atoms with van der Waals surface area (Å²) in [6.07, 6.45) is 0. The molecule has 2 aromatic carbocycles. The molecule has 2 aromatic rings. The predicted octanol–water partition coefficient (Wildman–Crippen LogP) is 2.41. The predicted molar refractivity (Wildman–Crippen MR) is 94.5 cm³/mol. The summed E-state index contributed by atoms with van der Waals surface area (Å²) in [4.78, 5) is 22.5. The van der Waals surface area contributed by atoms with Crippen molar-refractivity contribution in [2.24, 2.45) is 0 Å². The number of ether oxygens (including phenoxy) is 2. The molecule has 0 bridgehead atoms. The van der Waals surface area contributed by atoms with Crippen LogP contribution >= 0.6 is 0 Å². The summed E-state index contributed by atoms with van der Waals surface area (Å²) < 4.78 is 34.5. The number of Topliss-reactive ketones (excluding diaryl/α,β-unsaturated/α-hetero) is 1. The lowest BCUT2D eigenvalue weighted by atomic mass is 10.1. The standard InChI is InChI=1S/C17H17NO7S/c1-24-14-6-4-13(5-7-14)16(19)11-26(22,23)10-12-3-8-17(25-2)15(9-12)18(20)21/h3-9H,10-11H2,1-2H3. The molecule has 0 aliphatic heterocycles. The minimum atomic E-state index is -3.80. The molecule has 9 heteroatoms. The van der Waals surface area contributed by atoms with Crippen molar-refractivity contribution in [2.45, 2.75) is 5.75 Å². The Morgan fingerprint density at radius 1 is 1.08 bits per heavy atom. The molecular formula is C17H17NO7S. The largest absolute Gasteiger partial charge is 0.497 e. The summed E-state index contributed by atoms with van der Waals surface area (Å²) in [7, 11) is -1.04. The van der Waals surface area contributed by atoms with Gasteiger partial charge < -0.3 is 9.47 Å². The average molecular weight is 379 g/mol. The van der Waals surface area contributed by atoms with Crippen LogP contribution in [0.2, 0.25) is 0 Å². The third-order valence-electron chi connectivity index (χ3n) is 3.59. The van der Waals surface area contributed by atoms with E-state index in [0.717, 1.165) is 6.07 Å². The topological polar surface area (TPSA) is 113 Å². The molecule has 0 aliphatic rings. The Hall–Kier alpha value is -2.94. The van der Waals surface area contributed by atoms with Crippen molar-refractivity contribution < 1.29 is 27.6 Å². The lowest BCUT2D eigenvalue weighted by Crippen LogP contribution is -2.18. The van der Waals surface area contributed by atoms with Crippen molar-refractivity contribution in [1.29, 1.82) is 0 Å². The second-order valence-electron chi connectivity index (χ2n) is 5.45. The van der Waals surface area contributed by atoms with E-state index in [1.807, 2.05) is 0 Å². The third-order valence-corrected chi connectivity index (χ3v) is 5.06. The molecule has 8 nitrogen and oxygen atoms in total. The van der Waals surface area contributed by atoms with E-state index in [1.165, 1.54) is 38.5 Å². The number of hydrogen-bond donors (Lipinski definition) is 0. The number of carbonyl (C=O) groups excluding carboxylic acids is 1. The molecule has 0 atom stereocenters. The summed E-state index contributed by atoms with van der Waals surface area (Å²) in [5, 5.41) is 11.0. The molecule has 0 aliphatic carbocycles. The van der Waals surface area contributed by atoms with Crippen LogP contribution in [0.3, 0.4) is 0 Å². The van der Waals surface area contributed by atoms with Crippen LogP contribution in [0.5, 0.6) is 11.5 Å². The Balaban J connectivity index is 2.16. The van der Waals surface area contributed by atoms with Gasteiger partial charge in [0.05, 0.1) is 24.9 Å². The minimum absolute atomic E-state index is 0.0328. The third kappa shape index (κ3) is 4.79. The number of carbonyl (C=O) groups is 1. The number of nitro benzene ring substituents is 1. The average Bonchev–Trinajstić information content (AvgIpc) is 2.60. The van der Waals surface area contributed by atoms with E-state index in [2.05, 4.69) is 0 Å². The first-order chi connectivity index (χ1) is 12.3. The lowest BCUT2D eigenvalue weighted by Gasteiger charge is -2.07. The molecule has 0 heterocycles. The van der Waals surface area contributed by atoms with Crippen LogP contribution in [0.1, 0.15) is 15.9 Å². The van der Waals surface area contributed by atoms with E-state index < -0.39 is 32.0 Å². The van der Waals surface area contributed by atoms with Gasteiger partial charge in [0.2, 0.25) is 0 Å². The van der Waals surface area contributed by atoms with Crippen LogP contribution < -0.4 is 9.47 Å². The molecule has 138 valence electrons. The maximum Gasteiger partial charge on any atom is 0.311 e. The van der Waals surface area contributed by atoms with E-state index in [0.29, 0.717) is 5.75 Å². The molecule has 0 aromatic heterocycles. The molecular weight excluding hydrogens is 362 g/mol. The molecule has 0 unspecified atom stereocenters. The fourth-order valence-electron chi connectivity index (χ4n) is 2.33. The fourth-order valence-corrected chi connectivity index (χ4v) is 3.69. The number of rotatable bonds is 8. The van der Waals surface area contributed by atoms with Crippen molar-refractivity contribution in [1.82, 2.24) is 0 Å². The molecule has 0 saturated heterocycles. The van der Waals surface area contributed by atoms with Gasteiger partial charge in [-0.25, -0.2) is 8.42 Å². The number of hydrogen-bond acceptors (Lipinski definition) is 7. The molecule has 0 radical (unpaired) electrons. The highest BCUT2D eigenvalue weighted by molar-refractivity contribution is 7.91. The van der Waals surface area contributed by atoms with Crippen molar-refractivity contribution >= 4 is 21.3 Å². The maximum atomic E-state index is 12.3. The van der Waals surface area contributed by atoms with Gasteiger partial charge in [-0.3, -0.25) is 14.9 Å². The van der Waals surface area contributed by atoms with Crippen LogP contribution in [-0.4, -0.2) is 39.1 Å². The summed E-state index contributed by atoms with van der Waals surface area (Å²) in [6.45, 7) is 0. The first-order valence-electron chi connectivity index (χ1n) is 7.44. The Kier molecular flexibility index (Phi) is 5.93. The number of methoxy groups -OCH3 is 2. The Labute approximate surface area is 150 Å². The van der Waals surface area contributed by atoms with Gasteiger partial charge in [-0.05, 0) is 35.9 Å². The number of nitro groups is 1. The van der Waals surface area contributed by atoms with E-state index in [4.69, 9.17) is 9.47 Å². The van der Waals surface area contributed by atoms with Crippen LogP contribution in [0.15, 0.2) is 42.5 Å². The number of nitrogens with zero attached hydrogens (tertiary/aromatic N) is 1. The van der Waals surface area contributed by atoms with Gasteiger partial charge in [-0.2, -0.15) is 0 Å². The molecule has 0 amide bonds. The Morgan fingerprint density at radius 2 is 1.73 bits per heavy atom. The van der Waals surface area contributed by atoms with Gasteiger partial charge in [0.1, 0.15) is 11.5 Å². The van der Waals surface area contributed by atoms with Gasteiger partial charge in [-0.1, -0.05) is 6.07 Å². The van der Waals surface area contributed by atoms with Crippen LogP contribution in [0.4, 0.5) is 5.69 Å². The molecule has 0 saturated carbocycles. The number of benzene rings is 2. The zero-order chi connectivity index (χ0) is 19.3. The first-order valence-corrected chi connectivity index (χ1v) is 9.27. The minimum Gasteiger partial charge on any atom is -0.497 e. The second kappa shape index (κ2) is 7.96. The molecule has 0 spiro atoms. The second-order valence-corrected chi connectivity index (χ2v) is 7.51. The zero-order valence-electron chi connectivity index (χ0n) is 14.2. The van der Waals surface area contributed by atoms with E-state index in [1.54, 1.807) is 12.1 Å². The zero-order valence-corrected chi connectivity index (χ0v) is 15.0. The van der Waals surface area contributed by atoms with Crippen LogP contribution in [0.25, 0.3) is 0 Å². The monoisotopic (exact) mass is 379 g/mol. The van der Waals surface area contributed by atoms with Crippen molar-refractivity contribution in [3.05, 3.63) is 63.7 Å². The van der Waals surface area contributed by atoms with Gasteiger partial charge in [0.25, 0.3) is 0 Å².